The topological polar surface area (TPSA) is 105 Å². The summed E-state index contributed by atoms with van der Waals surface area (Å²) in [4.78, 5) is 22.9. The largest absolute Gasteiger partial charge is 0.464 e. The first-order valence-corrected chi connectivity index (χ1v) is 6.42. The van der Waals surface area contributed by atoms with E-state index in [4.69, 9.17) is 20.9 Å². The van der Waals surface area contributed by atoms with E-state index in [-0.39, 0.29) is 37.3 Å². The third-order valence-corrected chi connectivity index (χ3v) is 2.58. The highest BCUT2D eigenvalue weighted by Gasteiger charge is 2.15. The molecule has 0 heterocycles. The van der Waals surface area contributed by atoms with E-state index in [2.05, 4.69) is 6.58 Å². The SMILES string of the molecule is C=C(CC(=O)OCC(N)CC)C(=O)OCC(N)CC. The van der Waals surface area contributed by atoms with Crippen LogP contribution in [0.1, 0.15) is 33.1 Å². The third-order valence-electron chi connectivity index (χ3n) is 2.58. The van der Waals surface area contributed by atoms with Crippen LogP contribution in [0.15, 0.2) is 12.2 Å². The number of ether oxygens (including phenoxy) is 2. The van der Waals surface area contributed by atoms with E-state index in [0.717, 1.165) is 0 Å². The monoisotopic (exact) mass is 272 g/mol. The van der Waals surface area contributed by atoms with Gasteiger partial charge in [-0.25, -0.2) is 4.79 Å². The maximum atomic E-state index is 11.5. The zero-order chi connectivity index (χ0) is 14.8. The van der Waals surface area contributed by atoms with E-state index in [0.29, 0.717) is 12.8 Å². The number of carbonyl (C=O) groups is 2. The first-order valence-electron chi connectivity index (χ1n) is 6.42. The number of hydrogen-bond donors (Lipinski definition) is 2. The van der Waals surface area contributed by atoms with Crippen LogP contribution in [-0.4, -0.2) is 37.2 Å². The lowest BCUT2D eigenvalue weighted by Crippen LogP contribution is -2.28. The van der Waals surface area contributed by atoms with Crippen molar-refractivity contribution < 1.29 is 19.1 Å². The van der Waals surface area contributed by atoms with Crippen LogP contribution in [-0.2, 0) is 19.1 Å². The molecule has 110 valence electrons. The van der Waals surface area contributed by atoms with Gasteiger partial charge < -0.3 is 20.9 Å². The van der Waals surface area contributed by atoms with Gasteiger partial charge in [0.2, 0.25) is 0 Å². The molecule has 0 aromatic carbocycles. The van der Waals surface area contributed by atoms with Gasteiger partial charge in [0.25, 0.3) is 0 Å². The van der Waals surface area contributed by atoms with Crippen molar-refractivity contribution in [3.63, 3.8) is 0 Å². The first-order chi connectivity index (χ1) is 8.90. The summed E-state index contributed by atoms with van der Waals surface area (Å²) in [6.45, 7) is 7.54. The molecule has 0 rings (SSSR count). The molecule has 0 fully saturated rings. The Morgan fingerprint density at radius 1 is 1.05 bits per heavy atom. The second-order valence-electron chi connectivity index (χ2n) is 4.40. The summed E-state index contributed by atoms with van der Waals surface area (Å²) >= 11 is 0. The van der Waals surface area contributed by atoms with Crippen LogP contribution in [0.4, 0.5) is 0 Å². The number of carbonyl (C=O) groups excluding carboxylic acids is 2. The Morgan fingerprint density at radius 2 is 1.53 bits per heavy atom. The van der Waals surface area contributed by atoms with E-state index in [1.165, 1.54) is 0 Å². The highest BCUT2D eigenvalue weighted by atomic mass is 16.5. The van der Waals surface area contributed by atoms with Gasteiger partial charge in [0, 0.05) is 17.7 Å². The highest BCUT2D eigenvalue weighted by molar-refractivity contribution is 5.93. The fourth-order valence-corrected chi connectivity index (χ4v) is 1.02. The number of esters is 2. The zero-order valence-electron chi connectivity index (χ0n) is 11.7. The summed E-state index contributed by atoms with van der Waals surface area (Å²) in [5.74, 6) is -1.16. The minimum Gasteiger partial charge on any atom is -0.464 e. The molecule has 0 bridgehead atoms. The van der Waals surface area contributed by atoms with Crippen molar-refractivity contribution in [2.24, 2.45) is 11.5 Å². The van der Waals surface area contributed by atoms with Crippen LogP contribution >= 0.6 is 0 Å². The normalized spacial score (nSPS) is 13.5. The molecule has 0 saturated heterocycles. The Labute approximate surface area is 114 Å². The molecule has 0 aromatic rings. The quantitative estimate of drug-likeness (QED) is 0.467. The molecule has 0 aliphatic heterocycles. The lowest BCUT2D eigenvalue weighted by atomic mass is 10.2. The maximum Gasteiger partial charge on any atom is 0.334 e. The van der Waals surface area contributed by atoms with Crippen molar-refractivity contribution in [1.82, 2.24) is 0 Å². The van der Waals surface area contributed by atoms with E-state index >= 15 is 0 Å². The zero-order valence-corrected chi connectivity index (χ0v) is 11.7. The van der Waals surface area contributed by atoms with Crippen molar-refractivity contribution in [1.29, 1.82) is 0 Å². The summed E-state index contributed by atoms with van der Waals surface area (Å²) in [6, 6.07) is -0.391. The molecule has 6 nitrogen and oxygen atoms in total. The second kappa shape index (κ2) is 9.52. The molecule has 0 aliphatic rings. The Hall–Kier alpha value is -1.40. The summed E-state index contributed by atoms with van der Waals surface area (Å²) in [7, 11) is 0. The molecule has 0 radical (unpaired) electrons. The second-order valence-corrected chi connectivity index (χ2v) is 4.40. The molecule has 0 saturated carbocycles. The van der Waals surface area contributed by atoms with Crippen LogP contribution in [0.2, 0.25) is 0 Å². The fourth-order valence-electron chi connectivity index (χ4n) is 1.02. The van der Waals surface area contributed by atoms with Gasteiger partial charge in [-0.1, -0.05) is 20.4 Å². The van der Waals surface area contributed by atoms with Gasteiger partial charge in [0.1, 0.15) is 13.2 Å². The number of rotatable bonds is 9. The van der Waals surface area contributed by atoms with Crippen LogP contribution < -0.4 is 11.5 Å². The molecule has 2 atom stereocenters. The van der Waals surface area contributed by atoms with Crippen LogP contribution in [0.25, 0.3) is 0 Å². The van der Waals surface area contributed by atoms with Crippen molar-refractivity contribution in [2.75, 3.05) is 13.2 Å². The van der Waals surface area contributed by atoms with Gasteiger partial charge in [-0.15, -0.1) is 0 Å². The lowest BCUT2D eigenvalue weighted by Gasteiger charge is -2.12. The van der Waals surface area contributed by atoms with Gasteiger partial charge in [0.05, 0.1) is 6.42 Å². The first kappa shape index (κ1) is 17.6. The van der Waals surface area contributed by atoms with Gasteiger partial charge in [-0.2, -0.15) is 0 Å². The molecule has 6 heteroatoms. The smallest absolute Gasteiger partial charge is 0.334 e. The molecule has 0 amide bonds. The minimum absolute atomic E-state index is 0.0540. The average Bonchev–Trinajstić information content (AvgIpc) is 2.41. The van der Waals surface area contributed by atoms with Crippen molar-refractivity contribution in [3.8, 4) is 0 Å². The van der Waals surface area contributed by atoms with Crippen LogP contribution in [0, 0.1) is 0 Å². The van der Waals surface area contributed by atoms with E-state index in [9.17, 15) is 9.59 Å². The fraction of sp³-hybridized carbons (Fsp3) is 0.692. The predicted octanol–water partition coefficient (Wildman–Crippen LogP) is 0.494. The Balaban J connectivity index is 3.95. The Kier molecular flexibility index (Phi) is 8.82. The van der Waals surface area contributed by atoms with Crippen molar-refractivity contribution >= 4 is 11.9 Å². The highest BCUT2D eigenvalue weighted by Crippen LogP contribution is 2.04. The van der Waals surface area contributed by atoms with E-state index in [1.54, 1.807) is 0 Å². The summed E-state index contributed by atoms with van der Waals surface area (Å²) < 4.78 is 9.81. The number of nitrogens with two attached hydrogens (primary N) is 2. The molecule has 0 aliphatic carbocycles. The molecule has 4 N–H and O–H groups in total. The van der Waals surface area contributed by atoms with Gasteiger partial charge in [-0.05, 0) is 12.8 Å². The maximum absolute atomic E-state index is 11.5. The number of hydrogen-bond acceptors (Lipinski definition) is 6. The van der Waals surface area contributed by atoms with Crippen LogP contribution in [0.5, 0.6) is 0 Å². The van der Waals surface area contributed by atoms with Gasteiger partial charge in [0.15, 0.2) is 0 Å². The molecule has 0 spiro atoms. The summed E-state index contributed by atoms with van der Waals surface area (Å²) in [5.41, 5.74) is 11.3. The Bertz CT molecular complexity index is 318. The molecular weight excluding hydrogens is 248 g/mol. The lowest BCUT2D eigenvalue weighted by molar-refractivity contribution is -0.146. The van der Waals surface area contributed by atoms with Crippen LogP contribution in [0.3, 0.4) is 0 Å². The average molecular weight is 272 g/mol. The van der Waals surface area contributed by atoms with Crippen molar-refractivity contribution in [2.45, 2.75) is 45.2 Å². The Morgan fingerprint density at radius 3 is 2.00 bits per heavy atom. The molecule has 19 heavy (non-hydrogen) atoms. The van der Waals surface area contributed by atoms with Gasteiger partial charge >= 0.3 is 11.9 Å². The van der Waals surface area contributed by atoms with E-state index < -0.39 is 11.9 Å². The standard InChI is InChI=1S/C13H24N2O4/c1-4-10(14)7-18-12(16)6-9(3)13(17)19-8-11(15)5-2/h10-11H,3-8,14-15H2,1-2H3. The minimum atomic E-state index is -0.624. The summed E-state index contributed by atoms with van der Waals surface area (Å²) in [6.07, 6.45) is 1.22. The molecular formula is C13H24N2O4. The molecule has 0 aromatic heterocycles. The molecule has 2 unspecified atom stereocenters. The van der Waals surface area contributed by atoms with Gasteiger partial charge in [-0.3, -0.25) is 4.79 Å². The summed E-state index contributed by atoms with van der Waals surface area (Å²) in [5, 5.41) is 0. The predicted molar refractivity (Wildman–Crippen MR) is 72.2 cm³/mol. The van der Waals surface area contributed by atoms with Crippen molar-refractivity contribution in [3.05, 3.63) is 12.2 Å². The third kappa shape index (κ3) is 8.34. The van der Waals surface area contributed by atoms with E-state index in [1.807, 2.05) is 13.8 Å².